The van der Waals surface area contributed by atoms with Gasteiger partial charge in [0.1, 0.15) is 0 Å². The van der Waals surface area contributed by atoms with Crippen molar-refractivity contribution in [2.75, 3.05) is 0 Å². The lowest BCUT2D eigenvalue weighted by Gasteiger charge is -2.08. The number of pyridine rings is 1. The molecule has 1 N–H and O–H groups in total. The fraction of sp³-hybridized carbons (Fsp3) is 0.167. The lowest BCUT2D eigenvalue weighted by atomic mass is 10.2. The first kappa shape index (κ1) is 15.0. The van der Waals surface area contributed by atoms with Gasteiger partial charge in [0.05, 0.1) is 35.4 Å². The Bertz CT molecular complexity index is 781. The molecule has 0 spiro atoms. The second-order valence-corrected chi connectivity index (χ2v) is 5.11. The van der Waals surface area contributed by atoms with Crippen LogP contribution in [0.4, 0.5) is 0 Å². The Hall–Kier alpha value is -2.95. The van der Waals surface area contributed by atoms with E-state index < -0.39 is 0 Å². The van der Waals surface area contributed by atoms with Crippen molar-refractivity contribution in [3.8, 4) is 5.69 Å². The molecule has 1 amide bonds. The number of rotatable bonds is 5. The molecule has 0 aliphatic heterocycles. The molecule has 0 fully saturated rings. The Balaban J connectivity index is 1.80. The SMILES string of the molecule is CCc1c(C(=O)NCc2ccccn2)cnn1-c1ccccc1. The number of nitrogens with zero attached hydrogens (tertiary/aromatic N) is 3. The summed E-state index contributed by atoms with van der Waals surface area (Å²) in [5.41, 5.74) is 3.28. The molecule has 116 valence electrons. The summed E-state index contributed by atoms with van der Waals surface area (Å²) in [7, 11) is 0. The van der Waals surface area contributed by atoms with Crippen molar-refractivity contribution >= 4 is 5.91 Å². The summed E-state index contributed by atoms with van der Waals surface area (Å²) in [5, 5.41) is 7.27. The number of amides is 1. The van der Waals surface area contributed by atoms with Crippen molar-refractivity contribution in [1.82, 2.24) is 20.1 Å². The number of carbonyl (C=O) groups is 1. The minimum absolute atomic E-state index is 0.130. The molecule has 23 heavy (non-hydrogen) atoms. The molecule has 2 aromatic heterocycles. The van der Waals surface area contributed by atoms with E-state index >= 15 is 0 Å². The maximum atomic E-state index is 12.5. The molecule has 0 bridgehead atoms. The average Bonchev–Trinajstić information content (AvgIpc) is 3.05. The molecule has 1 aromatic carbocycles. The van der Waals surface area contributed by atoms with Crippen molar-refractivity contribution in [3.63, 3.8) is 0 Å². The van der Waals surface area contributed by atoms with Crippen LogP contribution in [0.1, 0.15) is 28.7 Å². The number of para-hydroxylation sites is 1. The average molecular weight is 306 g/mol. The molecule has 0 aliphatic rings. The standard InChI is InChI=1S/C18H18N4O/c1-2-17-16(13-21-22(17)15-9-4-3-5-10-15)18(23)20-12-14-8-6-7-11-19-14/h3-11,13H,2,12H2,1H3,(H,20,23). The fourth-order valence-corrected chi connectivity index (χ4v) is 2.46. The number of carbonyl (C=O) groups excluding carboxylic acids is 1. The van der Waals surface area contributed by atoms with Gasteiger partial charge in [0.25, 0.3) is 5.91 Å². The highest BCUT2D eigenvalue weighted by Crippen LogP contribution is 2.15. The number of aromatic nitrogens is 3. The molecular formula is C18H18N4O. The van der Waals surface area contributed by atoms with Crippen LogP contribution in [0, 0.1) is 0 Å². The van der Waals surface area contributed by atoms with Gasteiger partial charge in [-0.2, -0.15) is 5.10 Å². The van der Waals surface area contributed by atoms with Gasteiger partial charge >= 0.3 is 0 Å². The van der Waals surface area contributed by atoms with Crippen LogP contribution in [0.5, 0.6) is 0 Å². The van der Waals surface area contributed by atoms with Gasteiger partial charge in [-0.3, -0.25) is 9.78 Å². The second-order valence-electron chi connectivity index (χ2n) is 5.11. The van der Waals surface area contributed by atoms with E-state index in [1.54, 1.807) is 12.4 Å². The number of nitrogens with one attached hydrogen (secondary N) is 1. The highest BCUT2D eigenvalue weighted by molar-refractivity contribution is 5.95. The van der Waals surface area contributed by atoms with Crippen LogP contribution in [-0.4, -0.2) is 20.7 Å². The summed E-state index contributed by atoms with van der Waals surface area (Å²) in [6.45, 7) is 2.42. The molecule has 0 saturated carbocycles. The molecule has 5 heteroatoms. The van der Waals surface area contributed by atoms with E-state index in [1.807, 2.05) is 60.1 Å². The van der Waals surface area contributed by atoms with E-state index in [9.17, 15) is 4.79 Å². The molecule has 5 nitrogen and oxygen atoms in total. The van der Waals surface area contributed by atoms with E-state index in [1.165, 1.54) is 0 Å². The third-order valence-electron chi connectivity index (χ3n) is 3.61. The first-order valence-corrected chi connectivity index (χ1v) is 7.60. The molecule has 0 radical (unpaired) electrons. The topological polar surface area (TPSA) is 59.8 Å². The first-order valence-electron chi connectivity index (χ1n) is 7.60. The van der Waals surface area contributed by atoms with Gasteiger partial charge in [0.2, 0.25) is 0 Å². The Kier molecular flexibility index (Phi) is 4.47. The van der Waals surface area contributed by atoms with Crippen LogP contribution in [0.15, 0.2) is 60.9 Å². The van der Waals surface area contributed by atoms with Gasteiger partial charge in [-0.25, -0.2) is 4.68 Å². The molecule has 0 saturated heterocycles. The second kappa shape index (κ2) is 6.87. The maximum Gasteiger partial charge on any atom is 0.255 e. The quantitative estimate of drug-likeness (QED) is 0.788. The van der Waals surface area contributed by atoms with Crippen LogP contribution >= 0.6 is 0 Å². The molecule has 0 atom stereocenters. The number of hydrogen-bond donors (Lipinski definition) is 1. The van der Waals surface area contributed by atoms with Gasteiger partial charge in [-0.05, 0) is 30.7 Å². The lowest BCUT2D eigenvalue weighted by Crippen LogP contribution is -2.24. The van der Waals surface area contributed by atoms with Gasteiger partial charge in [-0.1, -0.05) is 31.2 Å². The van der Waals surface area contributed by atoms with Crippen LogP contribution in [0.25, 0.3) is 5.69 Å². The van der Waals surface area contributed by atoms with E-state index in [-0.39, 0.29) is 5.91 Å². The molecule has 0 unspecified atom stereocenters. The predicted molar refractivity (Wildman–Crippen MR) is 88.3 cm³/mol. The maximum absolute atomic E-state index is 12.5. The van der Waals surface area contributed by atoms with Crippen molar-refractivity contribution in [2.45, 2.75) is 19.9 Å². The largest absolute Gasteiger partial charge is 0.346 e. The highest BCUT2D eigenvalue weighted by Gasteiger charge is 2.16. The first-order chi connectivity index (χ1) is 11.3. The fourth-order valence-electron chi connectivity index (χ4n) is 2.46. The summed E-state index contributed by atoms with van der Waals surface area (Å²) in [6.07, 6.45) is 4.06. The Morgan fingerprint density at radius 2 is 1.91 bits per heavy atom. The molecular weight excluding hydrogens is 288 g/mol. The smallest absolute Gasteiger partial charge is 0.255 e. The molecule has 3 aromatic rings. The minimum Gasteiger partial charge on any atom is -0.346 e. The van der Waals surface area contributed by atoms with Crippen LogP contribution in [0.3, 0.4) is 0 Å². The van der Waals surface area contributed by atoms with Gasteiger partial charge < -0.3 is 5.32 Å². The van der Waals surface area contributed by atoms with E-state index in [4.69, 9.17) is 0 Å². The van der Waals surface area contributed by atoms with Crippen LogP contribution in [-0.2, 0) is 13.0 Å². The van der Waals surface area contributed by atoms with Gasteiger partial charge in [0.15, 0.2) is 0 Å². The normalized spacial score (nSPS) is 10.5. The third kappa shape index (κ3) is 3.29. The third-order valence-corrected chi connectivity index (χ3v) is 3.61. The van der Waals surface area contributed by atoms with E-state index in [0.717, 1.165) is 23.5 Å². The molecule has 0 aliphatic carbocycles. The summed E-state index contributed by atoms with van der Waals surface area (Å²) < 4.78 is 1.82. The zero-order valence-electron chi connectivity index (χ0n) is 12.9. The van der Waals surface area contributed by atoms with Gasteiger partial charge in [0, 0.05) is 6.20 Å². The zero-order chi connectivity index (χ0) is 16.1. The predicted octanol–water partition coefficient (Wildman–Crippen LogP) is 2.76. The molecule has 2 heterocycles. The van der Waals surface area contributed by atoms with Crippen molar-refractivity contribution in [3.05, 3.63) is 77.9 Å². The van der Waals surface area contributed by atoms with Crippen LogP contribution < -0.4 is 5.32 Å². The molecule has 3 rings (SSSR count). The number of benzene rings is 1. The lowest BCUT2D eigenvalue weighted by molar-refractivity contribution is 0.0949. The zero-order valence-corrected chi connectivity index (χ0v) is 12.9. The van der Waals surface area contributed by atoms with E-state index in [0.29, 0.717) is 12.1 Å². The van der Waals surface area contributed by atoms with Crippen molar-refractivity contribution in [1.29, 1.82) is 0 Å². The Labute approximate surface area is 135 Å². The van der Waals surface area contributed by atoms with Crippen molar-refractivity contribution < 1.29 is 4.79 Å². The monoisotopic (exact) mass is 306 g/mol. The highest BCUT2D eigenvalue weighted by atomic mass is 16.1. The summed E-state index contributed by atoms with van der Waals surface area (Å²) >= 11 is 0. The van der Waals surface area contributed by atoms with Crippen molar-refractivity contribution in [2.24, 2.45) is 0 Å². The summed E-state index contributed by atoms with van der Waals surface area (Å²) in [5.74, 6) is -0.130. The summed E-state index contributed by atoms with van der Waals surface area (Å²) in [4.78, 5) is 16.7. The number of hydrogen-bond acceptors (Lipinski definition) is 3. The van der Waals surface area contributed by atoms with Gasteiger partial charge in [-0.15, -0.1) is 0 Å². The van der Waals surface area contributed by atoms with E-state index in [2.05, 4.69) is 15.4 Å². The Morgan fingerprint density at radius 1 is 1.13 bits per heavy atom. The Morgan fingerprint density at radius 3 is 2.61 bits per heavy atom. The minimum atomic E-state index is -0.130. The van der Waals surface area contributed by atoms with Crippen LogP contribution in [0.2, 0.25) is 0 Å². The summed E-state index contributed by atoms with van der Waals surface area (Å²) in [6, 6.07) is 15.5.